The van der Waals surface area contributed by atoms with E-state index in [2.05, 4.69) is 42.7 Å². The quantitative estimate of drug-likeness (QED) is 0.0287. The summed E-state index contributed by atoms with van der Waals surface area (Å²) in [7, 11) is -3.20. The van der Waals surface area contributed by atoms with Gasteiger partial charge in [-0.05, 0) is 44.9 Å². The fourth-order valence-electron chi connectivity index (χ4n) is 5.92. The predicted molar refractivity (Wildman–Crippen MR) is 212 cm³/mol. The summed E-state index contributed by atoms with van der Waals surface area (Å²) in [6.45, 7) is 3.87. The Morgan fingerprint density at radius 1 is 0.549 bits per heavy atom. The zero-order valence-corrected chi connectivity index (χ0v) is 34.2. The van der Waals surface area contributed by atoms with Gasteiger partial charge in [0.05, 0.1) is 6.61 Å². The Bertz CT molecular complexity index is 890. The largest absolute Gasteiger partial charge is 0.472 e. The molecule has 0 aliphatic carbocycles. The van der Waals surface area contributed by atoms with E-state index in [-0.39, 0.29) is 19.0 Å². The molecule has 0 bridgehead atoms. The summed E-state index contributed by atoms with van der Waals surface area (Å²) in [6.07, 6.45) is 42.2. The Morgan fingerprint density at radius 3 is 1.41 bits per heavy atom. The summed E-state index contributed by atoms with van der Waals surface area (Å²) < 4.78 is 32.0. The number of hydrogen-bond donors (Lipinski definition) is 1. The van der Waals surface area contributed by atoms with Gasteiger partial charge >= 0.3 is 19.8 Å². The normalized spacial score (nSPS) is 13.6. The number of rotatable bonds is 39. The van der Waals surface area contributed by atoms with Crippen LogP contribution in [-0.4, -0.2) is 43.3 Å². The maximum Gasteiger partial charge on any atom is 0.472 e. The number of unbranched alkanes of at least 4 members (excludes halogenated alkanes) is 24. The Labute approximate surface area is 313 Å². The van der Waals surface area contributed by atoms with Crippen molar-refractivity contribution in [3.05, 3.63) is 24.3 Å². The topological polar surface area (TPSA) is 108 Å². The second-order valence-corrected chi connectivity index (χ2v) is 15.7. The third-order valence-corrected chi connectivity index (χ3v) is 10.1. The highest BCUT2D eigenvalue weighted by atomic mass is 31.2. The Kier molecular flexibility index (Phi) is 37.2. The van der Waals surface area contributed by atoms with E-state index in [9.17, 15) is 19.0 Å². The molecule has 300 valence electrons. The van der Waals surface area contributed by atoms with Crippen LogP contribution in [0.3, 0.4) is 0 Å². The van der Waals surface area contributed by atoms with Crippen molar-refractivity contribution in [2.45, 2.75) is 213 Å². The molecule has 0 radical (unpaired) electrons. The molecular weight excluding hydrogens is 663 g/mol. The molecule has 0 heterocycles. The number of esters is 2. The molecular formula is C42H79O8P. The van der Waals surface area contributed by atoms with E-state index >= 15 is 0 Å². The van der Waals surface area contributed by atoms with Crippen molar-refractivity contribution < 1.29 is 37.6 Å². The Balaban J connectivity index is 4.00. The molecule has 0 spiro atoms. The summed E-state index contributed by atoms with van der Waals surface area (Å²) >= 11 is 0. The highest BCUT2D eigenvalue weighted by Gasteiger charge is 2.24. The molecule has 0 saturated carbocycles. The van der Waals surface area contributed by atoms with E-state index < -0.39 is 26.5 Å². The fourth-order valence-corrected chi connectivity index (χ4v) is 6.38. The van der Waals surface area contributed by atoms with E-state index in [1.807, 2.05) is 0 Å². The van der Waals surface area contributed by atoms with Crippen molar-refractivity contribution in [1.29, 1.82) is 0 Å². The number of allylic oxidation sites excluding steroid dienone is 4. The predicted octanol–water partition coefficient (Wildman–Crippen LogP) is 13.1. The Morgan fingerprint density at radius 2 is 0.941 bits per heavy atom. The van der Waals surface area contributed by atoms with E-state index in [1.54, 1.807) is 0 Å². The molecule has 0 aromatic rings. The van der Waals surface area contributed by atoms with Crippen LogP contribution in [0.15, 0.2) is 24.3 Å². The second kappa shape index (κ2) is 38.3. The first-order chi connectivity index (χ1) is 24.8. The van der Waals surface area contributed by atoms with Gasteiger partial charge in [-0.2, -0.15) is 0 Å². The SMILES string of the molecule is CCCCC/C=C\C/C=C\CCCCCCCCCC(=O)OC(COC(=O)CCCCCCCCCCCCCCCCC)COP(=O)(O)OC. The van der Waals surface area contributed by atoms with Crippen LogP contribution in [0.1, 0.15) is 206 Å². The van der Waals surface area contributed by atoms with Crippen molar-refractivity contribution in [2.24, 2.45) is 0 Å². The van der Waals surface area contributed by atoms with Gasteiger partial charge in [-0.15, -0.1) is 0 Å². The smallest absolute Gasteiger partial charge is 0.462 e. The summed E-state index contributed by atoms with van der Waals surface area (Å²) in [5.74, 6) is -0.805. The maximum atomic E-state index is 12.5. The summed E-state index contributed by atoms with van der Waals surface area (Å²) in [6, 6.07) is 0. The van der Waals surface area contributed by atoms with E-state index in [1.165, 1.54) is 122 Å². The van der Waals surface area contributed by atoms with Crippen LogP contribution in [0, 0.1) is 0 Å². The summed E-state index contributed by atoms with van der Waals surface area (Å²) in [5.41, 5.74) is 0. The molecule has 0 aliphatic heterocycles. The van der Waals surface area contributed by atoms with Gasteiger partial charge in [-0.1, -0.05) is 173 Å². The van der Waals surface area contributed by atoms with Crippen LogP contribution < -0.4 is 0 Å². The number of phosphoric ester groups is 1. The summed E-state index contributed by atoms with van der Waals surface area (Å²) in [5, 5.41) is 0. The highest BCUT2D eigenvalue weighted by molar-refractivity contribution is 7.47. The molecule has 1 N–H and O–H groups in total. The van der Waals surface area contributed by atoms with Crippen LogP contribution >= 0.6 is 7.82 Å². The zero-order valence-electron chi connectivity index (χ0n) is 33.3. The highest BCUT2D eigenvalue weighted by Crippen LogP contribution is 2.42. The lowest BCUT2D eigenvalue weighted by molar-refractivity contribution is -0.161. The molecule has 0 saturated heterocycles. The first kappa shape index (κ1) is 49.5. The van der Waals surface area contributed by atoms with Crippen LogP contribution in [0.25, 0.3) is 0 Å². The van der Waals surface area contributed by atoms with Crippen LogP contribution in [0.4, 0.5) is 0 Å². The van der Waals surface area contributed by atoms with E-state index in [0.717, 1.165) is 58.5 Å². The van der Waals surface area contributed by atoms with Crippen LogP contribution in [0.2, 0.25) is 0 Å². The average molecular weight is 743 g/mol. The van der Waals surface area contributed by atoms with Crippen molar-refractivity contribution in [3.63, 3.8) is 0 Å². The first-order valence-corrected chi connectivity index (χ1v) is 22.5. The molecule has 0 aromatic carbocycles. The van der Waals surface area contributed by atoms with Gasteiger partial charge in [-0.25, -0.2) is 4.57 Å². The lowest BCUT2D eigenvalue weighted by atomic mass is 10.0. The number of carbonyl (C=O) groups excluding carboxylic acids is 2. The lowest BCUT2D eigenvalue weighted by Gasteiger charge is -2.19. The van der Waals surface area contributed by atoms with Gasteiger partial charge in [0.15, 0.2) is 6.10 Å². The molecule has 0 amide bonds. The minimum Gasteiger partial charge on any atom is -0.462 e. The molecule has 9 heteroatoms. The van der Waals surface area contributed by atoms with Crippen LogP contribution in [-0.2, 0) is 32.7 Å². The number of carbonyl (C=O) groups is 2. The molecule has 0 aromatic heterocycles. The summed E-state index contributed by atoms with van der Waals surface area (Å²) in [4.78, 5) is 34.4. The van der Waals surface area contributed by atoms with E-state index in [0.29, 0.717) is 12.8 Å². The molecule has 2 atom stereocenters. The van der Waals surface area contributed by atoms with Crippen molar-refractivity contribution in [1.82, 2.24) is 0 Å². The van der Waals surface area contributed by atoms with Crippen LogP contribution in [0.5, 0.6) is 0 Å². The van der Waals surface area contributed by atoms with E-state index in [4.69, 9.17) is 14.0 Å². The average Bonchev–Trinajstić information content (AvgIpc) is 3.12. The standard InChI is InChI=1S/C42H79O8P/c1-4-6-8-10-12-14-16-18-20-21-23-25-27-29-31-33-35-37-42(44)50-40(39-49-51(45,46)47-3)38-48-41(43)36-34-32-30-28-26-24-22-19-17-15-13-11-9-7-5-2/h12,14,18,20,40H,4-11,13,15-17,19,21-39H2,1-3H3,(H,45,46)/b14-12-,20-18-. The monoisotopic (exact) mass is 743 g/mol. The minimum absolute atomic E-state index is 0.224. The third kappa shape index (κ3) is 38.1. The van der Waals surface area contributed by atoms with Crippen molar-refractivity contribution in [2.75, 3.05) is 20.3 Å². The van der Waals surface area contributed by atoms with Crippen molar-refractivity contribution >= 4 is 19.8 Å². The number of hydrogen-bond acceptors (Lipinski definition) is 7. The molecule has 0 aliphatic rings. The number of ether oxygens (including phenoxy) is 2. The molecule has 2 unspecified atom stereocenters. The third-order valence-electron chi connectivity index (χ3n) is 9.20. The molecule has 51 heavy (non-hydrogen) atoms. The van der Waals surface area contributed by atoms with Gasteiger partial charge < -0.3 is 14.4 Å². The maximum absolute atomic E-state index is 12.5. The molecule has 0 rings (SSSR count). The minimum atomic E-state index is -4.26. The lowest BCUT2D eigenvalue weighted by Crippen LogP contribution is -2.29. The van der Waals surface area contributed by atoms with Gasteiger partial charge in [0.2, 0.25) is 0 Å². The Hall–Kier alpha value is -1.47. The van der Waals surface area contributed by atoms with Gasteiger partial charge in [0.1, 0.15) is 6.61 Å². The first-order valence-electron chi connectivity index (χ1n) is 21.0. The molecule has 8 nitrogen and oxygen atoms in total. The van der Waals surface area contributed by atoms with Gasteiger partial charge in [0.25, 0.3) is 0 Å². The zero-order chi connectivity index (χ0) is 37.5. The molecule has 0 fully saturated rings. The second-order valence-electron chi connectivity index (χ2n) is 14.1. The van der Waals surface area contributed by atoms with Gasteiger partial charge in [0, 0.05) is 20.0 Å². The van der Waals surface area contributed by atoms with Gasteiger partial charge in [-0.3, -0.25) is 18.6 Å². The van der Waals surface area contributed by atoms with Crippen molar-refractivity contribution in [3.8, 4) is 0 Å². The fraction of sp³-hybridized carbons (Fsp3) is 0.857. The number of phosphoric acid groups is 1.